The van der Waals surface area contributed by atoms with Crippen molar-refractivity contribution < 1.29 is 9.26 Å². The largest absolute Gasteiger partial charge is 0.381 e. The summed E-state index contributed by atoms with van der Waals surface area (Å²) < 4.78 is 10.7. The predicted molar refractivity (Wildman–Crippen MR) is 84.9 cm³/mol. The maximum atomic E-state index is 5.60. The van der Waals surface area contributed by atoms with Crippen LogP contribution in [0.25, 0.3) is 0 Å². The molecule has 1 fully saturated rings. The third kappa shape index (κ3) is 6.89. The van der Waals surface area contributed by atoms with Gasteiger partial charge in [-0.05, 0) is 39.0 Å². The third-order valence-electron chi connectivity index (χ3n) is 3.31. The number of aryl methyl sites for hydroxylation is 1. The molecule has 0 aliphatic heterocycles. The number of aliphatic imine (C=N–C) groups is 1. The quantitative estimate of drug-likeness (QED) is 0.385. The van der Waals surface area contributed by atoms with Crippen molar-refractivity contribution in [3.05, 3.63) is 11.7 Å². The summed E-state index contributed by atoms with van der Waals surface area (Å²) in [5.41, 5.74) is 0. The molecule has 0 spiro atoms. The molecule has 0 aromatic carbocycles. The molecule has 0 amide bonds. The molecule has 7 heteroatoms. The van der Waals surface area contributed by atoms with Crippen LogP contribution >= 0.6 is 0 Å². The molecule has 0 bridgehead atoms. The number of nitrogens with one attached hydrogen (secondary N) is 2. The van der Waals surface area contributed by atoms with Crippen molar-refractivity contribution in [1.29, 1.82) is 0 Å². The molecule has 0 radical (unpaired) electrons. The fourth-order valence-electron chi connectivity index (χ4n) is 1.96. The molecule has 2 rings (SSSR count). The molecule has 2 N–H and O–H groups in total. The Labute approximate surface area is 131 Å². The van der Waals surface area contributed by atoms with Gasteiger partial charge in [-0.15, -0.1) is 0 Å². The number of hydrogen-bond acceptors (Lipinski definition) is 5. The van der Waals surface area contributed by atoms with Gasteiger partial charge in [0.15, 0.2) is 11.8 Å². The highest BCUT2D eigenvalue weighted by Crippen LogP contribution is 2.28. The lowest BCUT2D eigenvalue weighted by molar-refractivity contribution is 0.123. The molecule has 1 aromatic rings. The Bertz CT molecular complexity index is 457. The first-order valence-electron chi connectivity index (χ1n) is 8.17. The van der Waals surface area contributed by atoms with E-state index in [2.05, 4.69) is 32.7 Å². The van der Waals surface area contributed by atoms with Crippen LogP contribution < -0.4 is 10.6 Å². The highest BCUT2D eigenvalue weighted by molar-refractivity contribution is 5.79. The fourth-order valence-corrected chi connectivity index (χ4v) is 1.96. The third-order valence-corrected chi connectivity index (χ3v) is 3.31. The van der Waals surface area contributed by atoms with Gasteiger partial charge < -0.3 is 19.9 Å². The summed E-state index contributed by atoms with van der Waals surface area (Å²) >= 11 is 0. The Hall–Kier alpha value is -1.63. The van der Waals surface area contributed by atoms with E-state index < -0.39 is 0 Å². The summed E-state index contributed by atoms with van der Waals surface area (Å²) in [4.78, 5) is 8.70. The van der Waals surface area contributed by atoms with Crippen molar-refractivity contribution in [1.82, 2.24) is 20.8 Å². The number of hydrogen-bond donors (Lipinski definition) is 2. The second-order valence-corrected chi connectivity index (χ2v) is 5.54. The zero-order valence-corrected chi connectivity index (χ0v) is 13.6. The van der Waals surface area contributed by atoms with E-state index in [4.69, 9.17) is 9.26 Å². The van der Waals surface area contributed by atoms with Crippen LogP contribution in [0.1, 0.15) is 37.9 Å². The zero-order valence-electron chi connectivity index (χ0n) is 13.6. The van der Waals surface area contributed by atoms with E-state index in [1.165, 1.54) is 12.8 Å². The van der Waals surface area contributed by atoms with E-state index in [9.17, 15) is 0 Å². The molecule has 1 aliphatic carbocycles. The van der Waals surface area contributed by atoms with Crippen molar-refractivity contribution in [3.63, 3.8) is 0 Å². The molecular weight excluding hydrogens is 282 g/mol. The monoisotopic (exact) mass is 309 g/mol. The smallest absolute Gasteiger partial charge is 0.228 e. The Balaban J connectivity index is 1.58. The normalized spacial score (nSPS) is 15.1. The van der Waals surface area contributed by atoms with Crippen LogP contribution in [0.15, 0.2) is 9.52 Å². The lowest BCUT2D eigenvalue weighted by Crippen LogP contribution is -2.38. The number of ether oxygens (including phenoxy) is 1. The average molecular weight is 309 g/mol. The summed E-state index contributed by atoms with van der Waals surface area (Å²) in [6, 6.07) is 0. The molecule has 124 valence electrons. The van der Waals surface area contributed by atoms with Gasteiger partial charge >= 0.3 is 0 Å². The minimum absolute atomic E-state index is 0.648. The van der Waals surface area contributed by atoms with E-state index in [1.54, 1.807) is 0 Å². The number of nitrogens with zero attached hydrogens (tertiary/aromatic N) is 3. The van der Waals surface area contributed by atoms with Crippen LogP contribution in [0.3, 0.4) is 0 Å². The lowest BCUT2D eigenvalue weighted by Gasteiger charge is -2.10. The van der Waals surface area contributed by atoms with Gasteiger partial charge in [-0.1, -0.05) is 5.16 Å². The molecule has 22 heavy (non-hydrogen) atoms. The Morgan fingerprint density at radius 2 is 2.27 bits per heavy atom. The zero-order chi connectivity index (χ0) is 15.6. The first-order chi connectivity index (χ1) is 10.8. The molecule has 1 aromatic heterocycles. The van der Waals surface area contributed by atoms with Gasteiger partial charge in [-0.3, -0.25) is 4.99 Å². The molecule has 7 nitrogen and oxygen atoms in total. The van der Waals surface area contributed by atoms with Gasteiger partial charge in [-0.25, -0.2) is 0 Å². The Morgan fingerprint density at radius 3 is 2.95 bits per heavy atom. The second-order valence-electron chi connectivity index (χ2n) is 5.54. The molecule has 0 unspecified atom stereocenters. The molecule has 1 heterocycles. The molecule has 1 aliphatic rings. The van der Waals surface area contributed by atoms with Gasteiger partial charge in [0.05, 0.1) is 0 Å². The maximum Gasteiger partial charge on any atom is 0.228 e. The van der Waals surface area contributed by atoms with Crippen LogP contribution in [0.4, 0.5) is 0 Å². The van der Waals surface area contributed by atoms with Gasteiger partial charge in [0.2, 0.25) is 5.89 Å². The lowest BCUT2D eigenvalue weighted by atomic mass is 10.4. The van der Waals surface area contributed by atoms with E-state index in [-0.39, 0.29) is 0 Å². The van der Waals surface area contributed by atoms with E-state index >= 15 is 0 Å². The number of aromatic nitrogens is 2. The van der Waals surface area contributed by atoms with E-state index in [0.717, 1.165) is 44.6 Å². The van der Waals surface area contributed by atoms with Gasteiger partial charge in [0, 0.05) is 39.3 Å². The molecular formula is C15H27N5O2. The molecule has 0 saturated heterocycles. The van der Waals surface area contributed by atoms with Crippen molar-refractivity contribution in [3.8, 4) is 0 Å². The van der Waals surface area contributed by atoms with Crippen LogP contribution in [0.2, 0.25) is 0 Å². The summed E-state index contributed by atoms with van der Waals surface area (Å²) in [6.45, 7) is 7.90. The van der Waals surface area contributed by atoms with Crippen LogP contribution in [0.5, 0.6) is 0 Å². The van der Waals surface area contributed by atoms with Crippen molar-refractivity contribution in [2.45, 2.75) is 39.5 Å². The second kappa shape index (κ2) is 9.40. The topological polar surface area (TPSA) is 84.6 Å². The summed E-state index contributed by atoms with van der Waals surface area (Å²) in [5, 5.41) is 10.3. The van der Waals surface area contributed by atoms with Crippen molar-refractivity contribution in [2.24, 2.45) is 10.9 Å². The van der Waals surface area contributed by atoms with Crippen molar-refractivity contribution >= 4 is 5.96 Å². The highest BCUT2D eigenvalue weighted by Gasteiger charge is 2.20. The SMILES string of the molecule is CCNC(=NCCCOCC1CC1)NCCc1nc(C)no1. The number of guanidine groups is 1. The standard InChI is InChI=1S/C15H27N5O2/c1-3-16-15(17-8-4-10-21-11-13-5-6-13)18-9-7-14-19-12(2)20-22-14/h13H,3-11H2,1-2H3,(H2,16,17,18). The van der Waals surface area contributed by atoms with Crippen molar-refractivity contribution in [2.75, 3.05) is 32.8 Å². The molecule has 0 atom stereocenters. The van der Waals surface area contributed by atoms with Crippen LogP contribution in [-0.2, 0) is 11.2 Å². The first kappa shape index (κ1) is 16.7. The van der Waals surface area contributed by atoms with Crippen LogP contribution in [-0.4, -0.2) is 48.9 Å². The Morgan fingerprint density at radius 1 is 1.41 bits per heavy atom. The fraction of sp³-hybridized carbons (Fsp3) is 0.800. The maximum absolute atomic E-state index is 5.60. The van der Waals surface area contributed by atoms with Gasteiger partial charge in [-0.2, -0.15) is 4.98 Å². The van der Waals surface area contributed by atoms with E-state index in [0.29, 0.717) is 24.7 Å². The number of rotatable bonds is 10. The summed E-state index contributed by atoms with van der Waals surface area (Å²) in [5.74, 6) is 2.97. The average Bonchev–Trinajstić information content (AvgIpc) is 3.24. The predicted octanol–water partition coefficient (Wildman–Crippen LogP) is 1.29. The van der Waals surface area contributed by atoms with E-state index in [1.807, 2.05) is 6.92 Å². The minimum Gasteiger partial charge on any atom is -0.381 e. The Kier molecular flexibility index (Phi) is 7.15. The van der Waals surface area contributed by atoms with Gasteiger partial charge in [0.1, 0.15) is 0 Å². The minimum atomic E-state index is 0.648. The highest BCUT2D eigenvalue weighted by atomic mass is 16.5. The summed E-state index contributed by atoms with van der Waals surface area (Å²) in [7, 11) is 0. The summed E-state index contributed by atoms with van der Waals surface area (Å²) in [6.07, 6.45) is 4.32. The van der Waals surface area contributed by atoms with Crippen LogP contribution in [0, 0.1) is 12.8 Å². The van der Waals surface area contributed by atoms with Gasteiger partial charge in [0.25, 0.3) is 0 Å². The first-order valence-corrected chi connectivity index (χ1v) is 8.17. The molecule has 1 saturated carbocycles.